The van der Waals surface area contributed by atoms with Crippen molar-refractivity contribution in [2.45, 2.75) is 19.9 Å². The normalized spacial score (nSPS) is 11.8. The molecule has 128 valence electrons. The number of carbonyl (C=O) groups excluding carboxylic acids is 1. The van der Waals surface area contributed by atoms with E-state index in [-0.39, 0.29) is 11.9 Å². The summed E-state index contributed by atoms with van der Waals surface area (Å²) in [6.07, 6.45) is 3.09. The van der Waals surface area contributed by atoms with Crippen molar-refractivity contribution in [3.8, 4) is 11.4 Å². The molecule has 0 bridgehead atoms. The van der Waals surface area contributed by atoms with E-state index in [9.17, 15) is 4.79 Å². The molecule has 0 saturated carbocycles. The molecule has 1 amide bonds. The van der Waals surface area contributed by atoms with Crippen molar-refractivity contribution < 1.29 is 9.53 Å². The molecule has 25 heavy (non-hydrogen) atoms. The van der Waals surface area contributed by atoms with Crippen LogP contribution < -0.4 is 10.1 Å². The fourth-order valence-corrected chi connectivity index (χ4v) is 2.49. The Labute approximate surface area is 146 Å². The molecule has 0 aliphatic heterocycles. The Morgan fingerprint density at radius 3 is 2.48 bits per heavy atom. The molecule has 0 radical (unpaired) electrons. The van der Waals surface area contributed by atoms with Crippen LogP contribution >= 0.6 is 0 Å². The second-order valence-electron chi connectivity index (χ2n) is 5.58. The number of rotatable bonds is 6. The summed E-state index contributed by atoms with van der Waals surface area (Å²) >= 11 is 0. The first-order chi connectivity index (χ1) is 12.2. The number of nitrogens with zero attached hydrogens (tertiary/aromatic N) is 3. The molecule has 0 aliphatic rings. The second kappa shape index (κ2) is 7.61. The van der Waals surface area contributed by atoms with Gasteiger partial charge in [0.05, 0.1) is 18.3 Å². The third kappa shape index (κ3) is 4.03. The number of hydrogen-bond acceptors (Lipinski definition) is 4. The lowest BCUT2D eigenvalue weighted by molar-refractivity contribution is 0.0940. The summed E-state index contributed by atoms with van der Waals surface area (Å²) in [6, 6.07) is 14.9. The average molecular weight is 336 g/mol. The highest BCUT2D eigenvalue weighted by atomic mass is 16.5. The van der Waals surface area contributed by atoms with Crippen LogP contribution in [-0.4, -0.2) is 27.3 Å². The van der Waals surface area contributed by atoms with Gasteiger partial charge in [-0.3, -0.25) is 4.79 Å². The molecule has 1 aromatic heterocycles. The smallest absolute Gasteiger partial charge is 0.251 e. The molecular formula is C19H20N4O2. The molecule has 2 aromatic carbocycles. The van der Waals surface area contributed by atoms with Gasteiger partial charge in [0.2, 0.25) is 0 Å². The summed E-state index contributed by atoms with van der Waals surface area (Å²) in [6.45, 7) is 4.54. The number of carbonyl (C=O) groups is 1. The number of hydrogen-bond donors (Lipinski definition) is 1. The summed E-state index contributed by atoms with van der Waals surface area (Å²) in [5.41, 5.74) is 2.48. The maximum Gasteiger partial charge on any atom is 0.251 e. The van der Waals surface area contributed by atoms with Gasteiger partial charge < -0.3 is 10.1 Å². The highest BCUT2D eigenvalue weighted by molar-refractivity contribution is 5.94. The van der Waals surface area contributed by atoms with E-state index in [0.717, 1.165) is 17.0 Å². The Hall–Kier alpha value is -3.15. The third-order valence-corrected chi connectivity index (χ3v) is 3.85. The second-order valence-corrected chi connectivity index (χ2v) is 5.58. The number of benzene rings is 2. The van der Waals surface area contributed by atoms with Gasteiger partial charge in [0, 0.05) is 5.56 Å². The Morgan fingerprint density at radius 2 is 1.88 bits per heavy atom. The van der Waals surface area contributed by atoms with Crippen LogP contribution in [0.25, 0.3) is 5.69 Å². The fourth-order valence-electron chi connectivity index (χ4n) is 2.49. The maximum atomic E-state index is 12.4. The average Bonchev–Trinajstić information content (AvgIpc) is 3.17. The standard InChI is InChI=1S/C19H20N4O2/c1-3-25-18-10-6-15(7-11-18)14(2)22-19(24)16-4-8-17(9-5-16)23-13-20-12-21-23/h4-14H,3H2,1-2H3,(H,22,24). The van der Waals surface area contributed by atoms with Crippen LogP contribution in [0.1, 0.15) is 35.8 Å². The zero-order valence-corrected chi connectivity index (χ0v) is 14.2. The maximum absolute atomic E-state index is 12.4. The molecule has 3 rings (SSSR count). The van der Waals surface area contributed by atoms with E-state index in [2.05, 4.69) is 15.4 Å². The zero-order chi connectivity index (χ0) is 17.6. The van der Waals surface area contributed by atoms with Crippen molar-refractivity contribution in [1.29, 1.82) is 0 Å². The molecule has 3 aromatic rings. The lowest BCUT2D eigenvalue weighted by Crippen LogP contribution is -2.26. The van der Waals surface area contributed by atoms with Crippen LogP contribution in [0.15, 0.2) is 61.2 Å². The van der Waals surface area contributed by atoms with Gasteiger partial charge >= 0.3 is 0 Å². The molecule has 1 heterocycles. The Kier molecular flexibility index (Phi) is 5.09. The molecule has 1 atom stereocenters. The SMILES string of the molecule is CCOc1ccc(C(C)NC(=O)c2ccc(-n3cncn3)cc2)cc1. The van der Waals surface area contributed by atoms with Gasteiger partial charge in [-0.05, 0) is 55.8 Å². The fraction of sp³-hybridized carbons (Fsp3) is 0.211. The van der Waals surface area contributed by atoms with Crippen LogP contribution in [-0.2, 0) is 0 Å². The van der Waals surface area contributed by atoms with Crippen LogP contribution in [0.5, 0.6) is 5.75 Å². The van der Waals surface area contributed by atoms with Crippen LogP contribution in [0.3, 0.4) is 0 Å². The van der Waals surface area contributed by atoms with E-state index < -0.39 is 0 Å². The van der Waals surface area contributed by atoms with Crippen LogP contribution in [0.4, 0.5) is 0 Å². The van der Waals surface area contributed by atoms with Crippen LogP contribution in [0.2, 0.25) is 0 Å². The minimum atomic E-state index is -0.119. The van der Waals surface area contributed by atoms with Crippen molar-refractivity contribution in [2.75, 3.05) is 6.61 Å². The van der Waals surface area contributed by atoms with E-state index in [1.165, 1.54) is 6.33 Å². The minimum absolute atomic E-state index is 0.0989. The van der Waals surface area contributed by atoms with Crippen molar-refractivity contribution in [1.82, 2.24) is 20.1 Å². The Balaban J connectivity index is 1.64. The monoisotopic (exact) mass is 336 g/mol. The Bertz CT molecular complexity index is 812. The molecule has 1 unspecified atom stereocenters. The predicted octanol–water partition coefficient (Wildman–Crippen LogP) is 3.16. The van der Waals surface area contributed by atoms with E-state index in [0.29, 0.717) is 12.2 Å². The number of aromatic nitrogens is 3. The summed E-state index contributed by atoms with van der Waals surface area (Å²) in [5, 5.41) is 7.07. The van der Waals surface area contributed by atoms with Crippen molar-refractivity contribution in [3.05, 3.63) is 72.3 Å². The Morgan fingerprint density at radius 1 is 1.16 bits per heavy atom. The third-order valence-electron chi connectivity index (χ3n) is 3.85. The highest BCUT2D eigenvalue weighted by Crippen LogP contribution is 2.18. The van der Waals surface area contributed by atoms with Crippen molar-refractivity contribution in [3.63, 3.8) is 0 Å². The molecule has 0 aliphatic carbocycles. The van der Waals surface area contributed by atoms with Gasteiger partial charge in [-0.25, -0.2) is 9.67 Å². The van der Waals surface area contributed by atoms with Gasteiger partial charge in [-0.15, -0.1) is 0 Å². The van der Waals surface area contributed by atoms with E-state index in [4.69, 9.17) is 4.74 Å². The first-order valence-electron chi connectivity index (χ1n) is 8.16. The van der Waals surface area contributed by atoms with Gasteiger partial charge in [0.15, 0.2) is 0 Å². The lowest BCUT2D eigenvalue weighted by Gasteiger charge is -2.15. The minimum Gasteiger partial charge on any atom is -0.494 e. The van der Waals surface area contributed by atoms with Gasteiger partial charge in [0.25, 0.3) is 5.91 Å². The van der Waals surface area contributed by atoms with Gasteiger partial charge in [0.1, 0.15) is 18.4 Å². The molecule has 0 fully saturated rings. The van der Waals surface area contributed by atoms with Crippen molar-refractivity contribution in [2.24, 2.45) is 0 Å². The summed E-state index contributed by atoms with van der Waals surface area (Å²) < 4.78 is 7.08. The lowest BCUT2D eigenvalue weighted by atomic mass is 10.1. The zero-order valence-electron chi connectivity index (χ0n) is 14.2. The number of ether oxygens (including phenoxy) is 1. The first kappa shape index (κ1) is 16.7. The van der Waals surface area contributed by atoms with Crippen molar-refractivity contribution >= 4 is 5.91 Å². The number of nitrogens with one attached hydrogen (secondary N) is 1. The largest absolute Gasteiger partial charge is 0.494 e. The first-order valence-corrected chi connectivity index (χ1v) is 8.16. The molecule has 6 heteroatoms. The molecule has 0 saturated heterocycles. The molecule has 0 spiro atoms. The quantitative estimate of drug-likeness (QED) is 0.751. The molecular weight excluding hydrogens is 316 g/mol. The topological polar surface area (TPSA) is 69.0 Å². The summed E-state index contributed by atoms with van der Waals surface area (Å²) in [5.74, 6) is 0.708. The summed E-state index contributed by atoms with van der Waals surface area (Å²) in [4.78, 5) is 16.3. The molecule has 1 N–H and O–H groups in total. The van der Waals surface area contributed by atoms with Crippen LogP contribution in [0, 0.1) is 0 Å². The van der Waals surface area contributed by atoms with E-state index in [1.54, 1.807) is 23.1 Å². The van der Waals surface area contributed by atoms with E-state index >= 15 is 0 Å². The summed E-state index contributed by atoms with van der Waals surface area (Å²) in [7, 11) is 0. The van der Waals surface area contributed by atoms with Gasteiger partial charge in [-0.1, -0.05) is 12.1 Å². The van der Waals surface area contributed by atoms with E-state index in [1.807, 2.05) is 50.2 Å². The highest BCUT2D eigenvalue weighted by Gasteiger charge is 2.12. The van der Waals surface area contributed by atoms with Gasteiger partial charge in [-0.2, -0.15) is 5.10 Å². The molecule has 6 nitrogen and oxygen atoms in total. The number of amides is 1. The predicted molar refractivity (Wildman–Crippen MR) is 94.9 cm³/mol.